The molecule has 9 heteroatoms. The number of carbonyl (C=O) groups excluding carboxylic acids is 1. The molecule has 0 aliphatic heterocycles. The summed E-state index contributed by atoms with van der Waals surface area (Å²) in [6.45, 7) is 0. The van der Waals surface area contributed by atoms with E-state index in [1.54, 1.807) is 16.4 Å². The maximum Gasteiger partial charge on any atom is 0.234 e. The molecule has 3 aromatic rings. The number of benzene rings is 1. The molecule has 1 aromatic carbocycles. The van der Waals surface area contributed by atoms with Crippen LogP contribution in [0.4, 0.5) is 5.69 Å². The minimum absolute atomic E-state index is 0.0344. The molecule has 2 aromatic heterocycles. The number of anilines is 1. The summed E-state index contributed by atoms with van der Waals surface area (Å²) in [5.41, 5.74) is 1.57. The molecule has 0 bridgehead atoms. The topological polar surface area (TPSA) is 72.7 Å². The third kappa shape index (κ3) is 4.54. The summed E-state index contributed by atoms with van der Waals surface area (Å²) in [7, 11) is 0. The Hall–Kier alpha value is -1.90. The first-order chi connectivity index (χ1) is 11.2. The molecule has 3 rings (SSSR count). The fourth-order valence-electron chi connectivity index (χ4n) is 1.85. The number of amides is 1. The summed E-state index contributed by atoms with van der Waals surface area (Å²) >= 11 is 8.97. The molecule has 2 heterocycles. The Morgan fingerprint density at radius 2 is 2.09 bits per heavy atom. The van der Waals surface area contributed by atoms with Crippen LogP contribution < -0.4 is 5.32 Å². The van der Waals surface area contributed by atoms with Crippen LogP contribution in [0.25, 0.3) is 5.69 Å². The second-order valence-corrected chi connectivity index (χ2v) is 7.33. The summed E-state index contributed by atoms with van der Waals surface area (Å²) in [5.74, 6) is 1.14. The number of nitrogens with zero attached hydrogens (tertiary/aromatic N) is 4. The van der Waals surface area contributed by atoms with Crippen molar-refractivity contribution < 1.29 is 4.79 Å². The third-order valence-electron chi connectivity index (χ3n) is 2.87. The van der Waals surface area contributed by atoms with Crippen LogP contribution in [0.15, 0.2) is 42.7 Å². The monoisotopic (exact) mass is 365 g/mol. The van der Waals surface area contributed by atoms with E-state index in [1.165, 1.54) is 22.5 Å². The minimum Gasteiger partial charge on any atom is -0.325 e. The summed E-state index contributed by atoms with van der Waals surface area (Å²) in [6, 6.07) is 11.2. The molecule has 0 saturated heterocycles. The van der Waals surface area contributed by atoms with E-state index in [9.17, 15) is 4.79 Å². The Kier molecular flexibility index (Phi) is 5.27. The summed E-state index contributed by atoms with van der Waals surface area (Å²) in [6.07, 6.45) is 1.51. The lowest BCUT2D eigenvalue weighted by atomic mass is 10.3. The van der Waals surface area contributed by atoms with Crippen LogP contribution in [0.3, 0.4) is 0 Å². The van der Waals surface area contributed by atoms with Crippen molar-refractivity contribution >= 4 is 46.3 Å². The summed E-state index contributed by atoms with van der Waals surface area (Å²) in [5, 5.41) is 13.8. The van der Waals surface area contributed by atoms with Gasteiger partial charge in [-0.05, 0) is 46.8 Å². The maximum atomic E-state index is 11.9. The molecular weight excluding hydrogens is 354 g/mol. The van der Waals surface area contributed by atoms with Gasteiger partial charge in [0.1, 0.15) is 6.33 Å². The number of carbonyl (C=O) groups is 1. The molecule has 23 heavy (non-hydrogen) atoms. The van der Waals surface area contributed by atoms with Crippen LogP contribution in [0.1, 0.15) is 4.88 Å². The summed E-state index contributed by atoms with van der Waals surface area (Å²) < 4.78 is 2.32. The molecule has 0 saturated carbocycles. The predicted octanol–water partition coefficient (Wildman–Crippen LogP) is 3.25. The molecule has 0 atom stereocenters. The van der Waals surface area contributed by atoms with Gasteiger partial charge in [0.25, 0.3) is 0 Å². The molecule has 1 N–H and O–H groups in total. The lowest BCUT2D eigenvalue weighted by Crippen LogP contribution is -2.14. The van der Waals surface area contributed by atoms with Gasteiger partial charge in [0.05, 0.1) is 15.8 Å². The highest BCUT2D eigenvalue weighted by atomic mass is 35.5. The van der Waals surface area contributed by atoms with Gasteiger partial charge in [-0.3, -0.25) is 4.79 Å². The molecule has 0 spiro atoms. The van der Waals surface area contributed by atoms with Crippen molar-refractivity contribution in [3.8, 4) is 5.69 Å². The van der Waals surface area contributed by atoms with Gasteiger partial charge >= 0.3 is 0 Å². The summed E-state index contributed by atoms with van der Waals surface area (Å²) in [4.78, 5) is 13.1. The first-order valence-corrected chi connectivity index (χ1v) is 9.01. The van der Waals surface area contributed by atoms with Crippen molar-refractivity contribution in [3.63, 3.8) is 0 Å². The molecule has 0 unspecified atom stereocenters. The number of thioether (sulfide) groups is 1. The number of nitrogens with one attached hydrogen (secondary N) is 1. The van der Waals surface area contributed by atoms with Gasteiger partial charge < -0.3 is 5.32 Å². The van der Waals surface area contributed by atoms with E-state index < -0.39 is 0 Å². The Balaban J connectivity index is 1.48. The second-order valence-electron chi connectivity index (χ2n) is 4.55. The number of hydrogen-bond donors (Lipinski definition) is 1. The van der Waals surface area contributed by atoms with Crippen molar-refractivity contribution in [1.82, 2.24) is 20.2 Å². The Bertz CT molecular complexity index is 773. The Labute approximate surface area is 145 Å². The van der Waals surface area contributed by atoms with Crippen molar-refractivity contribution in [3.05, 3.63) is 51.9 Å². The number of tetrazole rings is 1. The fraction of sp³-hybridized carbons (Fsp3) is 0.143. The number of hydrogen-bond acceptors (Lipinski definition) is 6. The molecule has 1 amide bonds. The normalized spacial score (nSPS) is 10.7. The predicted molar refractivity (Wildman–Crippen MR) is 93.3 cm³/mol. The molecule has 6 nitrogen and oxygen atoms in total. The van der Waals surface area contributed by atoms with Gasteiger partial charge in [-0.2, -0.15) is 0 Å². The van der Waals surface area contributed by atoms with Crippen molar-refractivity contribution in [2.45, 2.75) is 5.75 Å². The Morgan fingerprint density at radius 1 is 1.26 bits per heavy atom. The van der Waals surface area contributed by atoms with E-state index in [4.69, 9.17) is 11.6 Å². The third-order valence-corrected chi connectivity index (χ3v) is 5.27. The van der Waals surface area contributed by atoms with Crippen LogP contribution >= 0.6 is 34.7 Å². The van der Waals surface area contributed by atoms with Crippen LogP contribution in [0.2, 0.25) is 4.34 Å². The van der Waals surface area contributed by atoms with Crippen LogP contribution in [0.5, 0.6) is 0 Å². The highest BCUT2D eigenvalue weighted by Gasteiger charge is 2.05. The first kappa shape index (κ1) is 16.0. The van der Waals surface area contributed by atoms with Crippen molar-refractivity contribution in [1.29, 1.82) is 0 Å². The average molecular weight is 366 g/mol. The zero-order valence-electron chi connectivity index (χ0n) is 11.8. The zero-order chi connectivity index (χ0) is 16.1. The van der Waals surface area contributed by atoms with Crippen molar-refractivity contribution in [2.75, 3.05) is 11.1 Å². The largest absolute Gasteiger partial charge is 0.325 e. The molecule has 118 valence electrons. The number of aromatic nitrogens is 4. The molecule has 0 aliphatic rings. The highest BCUT2D eigenvalue weighted by Crippen LogP contribution is 2.25. The Morgan fingerprint density at radius 3 is 2.74 bits per heavy atom. The smallest absolute Gasteiger partial charge is 0.234 e. The van der Waals surface area contributed by atoms with Gasteiger partial charge in [-0.25, -0.2) is 4.68 Å². The maximum absolute atomic E-state index is 11.9. The van der Waals surface area contributed by atoms with E-state index in [0.29, 0.717) is 5.75 Å². The SMILES string of the molecule is O=C(CSCc1ccc(Cl)s1)Nc1ccc(-n2cnnn2)cc1. The van der Waals surface area contributed by atoms with Gasteiger partial charge in [-0.15, -0.1) is 28.2 Å². The van der Waals surface area contributed by atoms with Crippen LogP contribution in [0, 0.1) is 0 Å². The minimum atomic E-state index is -0.0344. The zero-order valence-corrected chi connectivity index (χ0v) is 14.2. The average Bonchev–Trinajstić information content (AvgIpc) is 3.20. The van der Waals surface area contributed by atoms with E-state index in [1.807, 2.05) is 36.4 Å². The van der Waals surface area contributed by atoms with Gasteiger partial charge in [0, 0.05) is 16.3 Å². The van der Waals surface area contributed by atoms with E-state index in [-0.39, 0.29) is 5.91 Å². The molecule has 0 aliphatic carbocycles. The standard InChI is InChI=1S/C14H12ClN5OS2/c15-13-6-5-12(23-13)7-22-8-14(21)17-10-1-3-11(4-2-10)20-9-16-18-19-20/h1-6,9H,7-8H2,(H,17,21). The number of rotatable bonds is 6. The van der Waals surface area contributed by atoms with E-state index in [2.05, 4.69) is 20.8 Å². The molecule has 0 fully saturated rings. The molecule has 0 radical (unpaired) electrons. The lowest BCUT2D eigenvalue weighted by Gasteiger charge is -2.06. The van der Waals surface area contributed by atoms with Gasteiger partial charge in [-0.1, -0.05) is 11.6 Å². The number of halogens is 1. The van der Waals surface area contributed by atoms with Crippen molar-refractivity contribution in [2.24, 2.45) is 0 Å². The molecular formula is C14H12ClN5OS2. The van der Waals surface area contributed by atoms with E-state index in [0.717, 1.165) is 21.5 Å². The highest BCUT2D eigenvalue weighted by molar-refractivity contribution is 7.99. The second kappa shape index (κ2) is 7.58. The van der Waals surface area contributed by atoms with E-state index >= 15 is 0 Å². The van der Waals surface area contributed by atoms with Gasteiger partial charge in [0.2, 0.25) is 5.91 Å². The van der Waals surface area contributed by atoms with Crippen LogP contribution in [-0.4, -0.2) is 31.9 Å². The fourth-order valence-corrected chi connectivity index (χ4v) is 3.87. The quantitative estimate of drug-likeness (QED) is 0.725. The van der Waals surface area contributed by atoms with Crippen LogP contribution in [-0.2, 0) is 10.5 Å². The van der Waals surface area contributed by atoms with Gasteiger partial charge in [0.15, 0.2) is 0 Å². The lowest BCUT2D eigenvalue weighted by molar-refractivity contribution is -0.113. The number of thiophene rings is 1. The first-order valence-electron chi connectivity index (χ1n) is 6.66.